The van der Waals surface area contributed by atoms with Gasteiger partial charge in [0.25, 0.3) is 0 Å². The van der Waals surface area contributed by atoms with E-state index >= 15 is 8.78 Å². The Morgan fingerprint density at radius 2 is 1.90 bits per heavy atom. The normalized spacial score (nSPS) is 21.6. The van der Waals surface area contributed by atoms with Gasteiger partial charge in [0.1, 0.15) is 11.3 Å². The molecule has 156 valence electrons. The zero-order valence-electron chi connectivity index (χ0n) is 16.2. The molecule has 2 heterocycles. The SMILES string of the molecule is CC1(C)CN(c2c(F)c(N)c3c(=O)c(C(=O)O)cn(C4CC4)c3c2F)CCC1O. The number of aromatic carboxylic acids is 1. The summed E-state index contributed by atoms with van der Waals surface area (Å²) in [4.78, 5) is 25.7. The molecule has 0 spiro atoms. The third kappa shape index (κ3) is 2.95. The van der Waals surface area contributed by atoms with Crippen molar-refractivity contribution in [3.63, 3.8) is 0 Å². The number of nitrogens with zero attached hydrogens (tertiary/aromatic N) is 2. The van der Waals surface area contributed by atoms with Gasteiger partial charge in [0.05, 0.1) is 22.7 Å². The minimum atomic E-state index is -1.47. The van der Waals surface area contributed by atoms with E-state index in [1.54, 1.807) is 0 Å². The first-order valence-corrected chi connectivity index (χ1v) is 9.56. The van der Waals surface area contributed by atoms with Gasteiger partial charge in [-0.1, -0.05) is 13.8 Å². The summed E-state index contributed by atoms with van der Waals surface area (Å²) in [5, 5.41) is 19.1. The van der Waals surface area contributed by atoms with Crippen molar-refractivity contribution in [3.05, 3.63) is 33.6 Å². The number of aromatic nitrogens is 1. The molecule has 2 aromatic rings. The van der Waals surface area contributed by atoms with Crippen LogP contribution in [-0.4, -0.2) is 39.9 Å². The minimum Gasteiger partial charge on any atom is -0.477 e. The van der Waals surface area contributed by atoms with Crippen molar-refractivity contribution < 1.29 is 23.8 Å². The lowest BCUT2D eigenvalue weighted by atomic mass is 9.81. The molecule has 0 bridgehead atoms. The summed E-state index contributed by atoms with van der Waals surface area (Å²) in [7, 11) is 0. The predicted octanol–water partition coefficient (Wildman–Crippen LogP) is 2.49. The molecule has 0 radical (unpaired) electrons. The largest absolute Gasteiger partial charge is 0.477 e. The van der Waals surface area contributed by atoms with Crippen molar-refractivity contribution in [1.82, 2.24) is 4.57 Å². The van der Waals surface area contributed by atoms with Gasteiger partial charge in [0, 0.05) is 30.7 Å². The van der Waals surface area contributed by atoms with Crippen molar-refractivity contribution in [3.8, 4) is 0 Å². The van der Waals surface area contributed by atoms with E-state index < -0.39 is 51.2 Å². The molecule has 29 heavy (non-hydrogen) atoms. The zero-order chi connectivity index (χ0) is 21.2. The van der Waals surface area contributed by atoms with Crippen LogP contribution >= 0.6 is 0 Å². The number of fused-ring (bicyclic) bond motifs is 1. The number of aliphatic hydroxyl groups is 1. The molecule has 1 unspecified atom stereocenters. The molecule has 1 atom stereocenters. The number of anilines is 2. The summed E-state index contributed by atoms with van der Waals surface area (Å²) in [6, 6.07) is -0.164. The van der Waals surface area contributed by atoms with Crippen molar-refractivity contribution in [2.24, 2.45) is 5.41 Å². The number of pyridine rings is 1. The van der Waals surface area contributed by atoms with E-state index in [9.17, 15) is 19.8 Å². The number of nitrogen functional groups attached to an aromatic ring is 1. The number of carbonyl (C=O) groups is 1. The zero-order valence-corrected chi connectivity index (χ0v) is 16.2. The Morgan fingerprint density at radius 3 is 2.45 bits per heavy atom. The van der Waals surface area contributed by atoms with Gasteiger partial charge in [-0.2, -0.15) is 0 Å². The Morgan fingerprint density at radius 1 is 1.24 bits per heavy atom. The summed E-state index contributed by atoms with van der Waals surface area (Å²) >= 11 is 0. The highest BCUT2D eigenvalue weighted by atomic mass is 19.1. The molecule has 1 aliphatic carbocycles. The molecule has 1 aromatic heterocycles. The van der Waals surface area contributed by atoms with E-state index in [0.717, 1.165) is 6.20 Å². The molecule has 7 nitrogen and oxygen atoms in total. The Bertz CT molecular complexity index is 1090. The lowest BCUT2D eigenvalue weighted by molar-refractivity contribution is 0.0333. The van der Waals surface area contributed by atoms with Gasteiger partial charge >= 0.3 is 5.97 Å². The summed E-state index contributed by atoms with van der Waals surface area (Å²) in [5.41, 5.74) is 2.71. The number of carboxylic acid groups (broad SMARTS) is 1. The molecule has 4 N–H and O–H groups in total. The number of halogens is 2. The van der Waals surface area contributed by atoms with Crippen molar-refractivity contribution in [2.45, 2.75) is 45.3 Å². The third-order valence-electron chi connectivity index (χ3n) is 6.02. The molecule has 1 saturated carbocycles. The number of carboxylic acids is 1. The summed E-state index contributed by atoms with van der Waals surface area (Å²) in [6.07, 6.45) is 2.25. The molecular weight excluding hydrogens is 384 g/mol. The van der Waals surface area contributed by atoms with Gasteiger partial charge in [-0.15, -0.1) is 0 Å². The second kappa shape index (κ2) is 6.41. The monoisotopic (exact) mass is 407 g/mol. The molecule has 2 fully saturated rings. The van der Waals surface area contributed by atoms with Crippen LogP contribution in [0.25, 0.3) is 10.9 Å². The average Bonchev–Trinajstić information content (AvgIpc) is 3.47. The fourth-order valence-corrected chi connectivity index (χ4v) is 4.16. The van der Waals surface area contributed by atoms with Gasteiger partial charge in [-0.25, -0.2) is 13.6 Å². The Balaban J connectivity index is 2.02. The maximum absolute atomic E-state index is 15.7. The van der Waals surface area contributed by atoms with Gasteiger partial charge in [-0.05, 0) is 19.3 Å². The molecule has 1 saturated heterocycles. The fourth-order valence-electron chi connectivity index (χ4n) is 4.16. The highest BCUT2D eigenvalue weighted by molar-refractivity contribution is 5.99. The summed E-state index contributed by atoms with van der Waals surface area (Å²) in [6.45, 7) is 4.05. The number of benzene rings is 1. The van der Waals surface area contributed by atoms with Crippen LogP contribution in [0.3, 0.4) is 0 Å². The summed E-state index contributed by atoms with van der Waals surface area (Å²) < 4.78 is 32.3. The Hall–Kier alpha value is -2.68. The average molecular weight is 407 g/mol. The highest BCUT2D eigenvalue weighted by Crippen LogP contribution is 2.43. The molecule has 0 amide bonds. The second-order valence-electron chi connectivity index (χ2n) is 8.64. The first-order valence-electron chi connectivity index (χ1n) is 9.56. The van der Waals surface area contributed by atoms with E-state index in [2.05, 4.69) is 0 Å². The van der Waals surface area contributed by atoms with Crippen LogP contribution in [0.1, 0.15) is 49.5 Å². The lowest BCUT2D eigenvalue weighted by Gasteiger charge is -2.43. The predicted molar refractivity (Wildman–Crippen MR) is 104 cm³/mol. The third-order valence-corrected chi connectivity index (χ3v) is 6.02. The molecule has 1 aliphatic heterocycles. The molecule has 9 heteroatoms. The number of aliphatic hydroxyl groups excluding tert-OH is 1. The van der Waals surface area contributed by atoms with Gasteiger partial charge in [0.15, 0.2) is 11.6 Å². The van der Waals surface area contributed by atoms with E-state index in [-0.39, 0.29) is 30.3 Å². The number of nitrogens with two attached hydrogens (primary N) is 1. The van der Waals surface area contributed by atoms with Crippen LogP contribution in [-0.2, 0) is 0 Å². The van der Waals surface area contributed by atoms with Crippen molar-refractivity contribution >= 4 is 28.2 Å². The topological polar surface area (TPSA) is 109 Å². The number of piperidine rings is 1. The van der Waals surface area contributed by atoms with Crippen molar-refractivity contribution in [1.29, 1.82) is 0 Å². The van der Waals surface area contributed by atoms with Crippen LogP contribution in [0, 0.1) is 17.0 Å². The highest BCUT2D eigenvalue weighted by Gasteiger charge is 2.38. The number of hydrogen-bond donors (Lipinski definition) is 3. The first kappa shape index (κ1) is 19.6. The smallest absolute Gasteiger partial charge is 0.341 e. The molecule has 2 aliphatic rings. The van der Waals surface area contributed by atoms with Gasteiger partial charge in [-0.3, -0.25) is 4.79 Å². The van der Waals surface area contributed by atoms with E-state index in [0.29, 0.717) is 19.3 Å². The molecule has 4 rings (SSSR count). The van der Waals surface area contributed by atoms with Crippen molar-refractivity contribution in [2.75, 3.05) is 23.7 Å². The Labute approximate surface area is 165 Å². The van der Waals surface area contributed by atoms with Gasteiger partial charge in [0.2, 0.25) is 5.43 Å². The minimum absolute atomic E-state index is 0.164. The molecular formula is C20H23F2N3O4. The maximum atomic E-state index is 15.7. The number of rotatable bonds is 3. The fraction of sp³-hybridized carbons (Fsp3) is 0.500. The van der Waals surface area contributed by atoms with Gasteiger partial charge < -0.3 is 25.4 Å². The van der Waals surface area contributed by atoms with Crippen LogP contribution in [0.4, 0.5) is 20.2 Å². The Kier molecular flexibility index (Phi) is 4.34. The summed E-state index contributed by atoms with van der Waals surface area (Å²) in [5.74, 6) is -3.48. The standard InChI is InChI=1S/C20H23F2N3O4/c1-20(2)8-24(6-5-11(20)26)17-13(21)15(23)12-16(14(17)22)25(9-3-4-9)7-10(18(12)27)19(28)29/h7,9,11,26H,3-6,8,23H2,1-2H3,(H,28,29). The van der Waals surface area contributed by atoms with Crippen LogP contribution in [0.5, 0.6) is 0 Å². The van der Waals surface area contributed by atoms with E-state index in [1.165, 1.54) is 9.47 Å². The quantitative estimate of drug-likeness (QED) is 0.675. The van der Waals surface area contributed by atoms with E-state index in [4.69, 9.17) is 5.73 Å². The maximum Gasteiger partial charge on any atom is 0.341 e. The molecule has 1 aromatic carbocycles. The first-order chi connectivity index (χ1) is 13.5. The van der Waals surface area contributed by atoms with Crippen LogP contribution in [0.15, 0.2) is 11.0 Å². The van der Waals surface area contributed by atoms with Crippen LogP contribution in [0.2, 0.25) is 0 Å². The second-order valence-corrected chi connectivity index (χ2v) is 8.64. The van der Waals surface area contributed by atoms with E-state index in [1.807, 2.05) is 13.8 Å². The number of hydrogen-bond acceptors (Lipinski definition) is 5. The lowest BCUT2D eigenvalue weighted by Crippen LogP contribution is -2.49. The van der Waals surface area contributed by atoms with Crippen LogP contribution < -0.4 is 16.1 Å².